The zero-order chi connectivity index (χ0) is 10.3. The maximum Gasteiger partial charge on any atom is 0.146 e. The van der Waals surface area contributed by atoms with Gasteiger partial charge in [-0.05, 0) is 24.7 Å². The van der Waals surface area contributed by atoms with Gasteiger partial charge < -0.3 is 0 Å². The monoisotopic (exact) mass is 194 g/mol. The molecule has 0 aromatic heterocycles. The van der Waals surface area contributed by atoms with Crippen LogP contribution < -0.4 is 0 Å². The Morgan fingerprint density at radius 2 is 1.93 bits per heavy atom. The molecule has 3 atom stereocenters. The maximum absolute atomic E-state index is 11.9. The number of hydrogen-bond donors (Lipinski definition) is 0. The summed E-state index contributed by atoms with van der Waals surface area (Å²) in [4.78, 5) is 23.6. The van der Waals surface area contributed by atoms with Crippen LogP contribution in [0.15, 0.2) is 0 Å². The molecule has 0 amide bonds. The van der Waals surface area contributed by atoms with Gasteiger partial charge in [-0.3, -0.25) is 9.59 Å². The summed E-state index contributed by atoms with van der Waals surface area (Å²) in [6, 6.07) is 0. The van der Waals surface area contributed by atoms with E-state index in [1.807, 2.05) is 0 Å². The van der Waals surface area contributed by atoms with E-state index in [0.717, 1.165) is 19.3 Å². The van der Waals surface area contributed by atoms with E-state index in [1.54, 1.807) is 0 Å². The Kier molecular flexibility index (Phi) is 2.46. The topological polar surface area (TPSA) is 34.1 Å². The quantitative estimate of drug-likeness (QED) is 0.600. The number of fused-ring (bicyclic) bond motifs is 2. The fraction of sp³-hybridized carbons (Fsp3) is 0.833. The van der Waals surface area contributed by atoms with E-state index in [0.29, 0.717) is 18.3 Å². The zero-order valence-electron chi connectivity index (χ0n) is 8.95. The van der Waals surface area contributed by atoms with E-state index in [4.69, 9.17) is 0 Å². The van der Waals surface area contributed by atoms with E-state index in [1.165, 1.54) is 0 Å². The first-order valence-corrected chi connectivity index (χ1v) is 5.67. The van der Waals surface area contributed by atoms with Crippen LogP contribution >= 0.6 is 0 Å². The Hall–Kier alpha value is -0.660. The van der Waals surface area contributed by atoms with Crippen LogP contribution in [-0.2, 0) is 9.59 Å². The van der Waals surface area contributed by atoms with E-state index in [2.05, 4.69) is 13.8 Å². The molecule has 2 aliphatic carbocycles. The van der Waals surface area contributed by atoms with Crippen molar-refractivity contribution < 1.29 is 9.59 Å². The van der Waals surface area contributed by atoms with Gasteiger partial charge in [-0.1, -0.05) is 20.3 Å². The lowest BCUT2D eigenvalue weighted by molar-refractivity contribution is -0.145. The number of ketones is 2. The lowest BCUT2D eigenvalue weighted by Gasteiger charge is -2.39. The first kappa shape index (κ1) is 9.88. The van der Waals surface area contributed by atoms with Gasteiger partial charge in [-0.15, -0.1) is 0 Å². The summed E-state index contributed by atoms with van der Waals surface area (Å²) >= 11 is 0. The van der Waals surface area contributed by atoms with Crippen LogP contribution in [0.1, 0.15) is 39.5 Å². The summed E-state index contributed by atoms with van der Waals surface area (Å²) in [6.07, 6.45) is 3.55. The number of Topliss-reactive ketones (excluding diaryl/α,β-unsaturated/α-hetero) is 2. The predicted octanol–water partition coefficient (Wildman–Crippen LogP) is 2.22. The van der Waals surface area contributed by atoms with E-state index >= 15 is 0 Å². The number of carbonyl (C=O) groups is 2. The number of carbonyl (C=O) groups excluding carboxylic acids is 2. The SMILES string of the molecule is CC(C)[C@H]1CC(=O)[C@H]2CCC[C@@H]1C2=O. The Labute approximate surface area is 85.1 Å². The molecular formula is C12H18O2. The Bertz CT molecular complexity index is 267. The molecule has 2 fully saturated rings. The minimum Gasteiger partial charge on any atom is -0.299 e. The van der Waals surface area contributed by atoms with Gasteiger partial charge >= 0.3 is 0 Å². The van der Waals surface area contributed by atoms with Crippen molar-refractivity contribution in [2.24, 2.45) is 23.7 Å². The fourth-order valence-corrected chi connectivity index (χ4v) is 3.05. The second-order valence-corrected chi connectivity index (χ2v) is 5.07. The summed E-state index contributed by atoms with van der Waals surface area (Å²) < 4.78 is 0. The molecule has 0 unspecified atom stereocenters. The molecule has 2 nitrogen and oxygen atoms in total. The number of rotatable bonds is 1. The van der Waals surface area contributed by atoms with Crippen molar-refractivity contribution in [2.45, 2.75) is 39.5 Å². The first-order chi connectivity index (χ1) is 6.61. The van der Waals surface area contributed by atoms with Crippen LogP contribution in [0, 0.1) is 23.7 Å². The van der Waals surface area contributed by atoms with Crippen LogP contribution in [-0.4, -0.2) is 11.6 Å². The third kappa shape index (κ3) is 1.41. The highest BCUT2D eigenvalue weighted by Gasteiger charge is 2.45. The van der Waals surface area contributed by atoms with Crippen LogP contribution in [0.2, 0.25) is 0 Å². The molecule has 2 heteroatoms. The third-order valence-electron chi connectivity index (χ3n) is 3.92. The van der Waals surface area contributed by atoms with Gasteiger partial charge in [0, 0.05) is 12.3 Å². The van der Waals surface area contributed by atoms with Crippen LogP contribution in [0.4, 0.5) is 0 Å². The lowest BCUT2D eigenvalue weighted by atomic mass is 9.62. The molecule has 0 radical (unpaired) electrons. The third-order valence-corrected chi connectivity index (χ3v) is 3.92. The number of hydrogen-bond acceptors (Lipinski definition) is 2. The van der Waals surface area contributed by atoms with Crippen molar-refractivity contribution in [3.8, 4) is 0 Å². The molecule has 0 N–H and O–H groups in total. The second-order valence-electron chi connectivity index (χ2n) is 5.07. The minimum absolute atomic E-state index is 0.200. The molecule has 2 rings (SSSR count). The normalized spacial score (nSPS) is 37.8. The molecule has 2 saturated carbocycles. The molecule has 0 aliphatic heterocycles. The highest BCUT2D eigenvalue weighted by molar-refractivity contribution is 6.06. The summed E-state index contributed by atoms with van der Waals surface area (Å²) in [5, 5.41) is 0. The second kappa shape index (κ2) is 3.48. The summed E-state index contributed by atoms with van der Waals surface area (Å²) in [5.74, 6) is 1.24. The largest absolute Gasteiger partial charge is 0.299 e. The summed E-state index contributed by atoms with van der Waals surface area (Å²) in [7, 11) is 0. The van der Waals surface area contributed by atoms with Crippen LogP contribution in [0.3, 0.4) is 0 Å². The summed E-state index contributed by atoms with van der Waals surface area (Å²) in [5.41, 5.74) is 0. The summed E-state index contributed by atoms with van der Waals surface area (Å²) in [6.45, 7) is 4.25. The standard InChI is InChI=1S/C12H18O2/c1-7(2)10-6-11(13)9-5-3-4-8(10)12(9)14/h7-10H,3-6H2,1-2H3/t8-,9+,10+/m0/s1. The van der Waals surface area contributed by atoms with Gasteiger partial charge in [0.2, 0.25) is 0 Å². The zero-order valence-corrected chi connectivity index (χ0v) is 8.95. The lowest BCUT2D eigenvalue weighted by Crippen LogP contribution is -2.45. The van der Waals surface area contributed by atoms with Gasteiger partial charge in [0.05, 0.1) is 5.92 Å². The van der Waals surface area contributed by atoms with Crippen molar-refractivity contribution in [2.75, 3.05) is 0 Å². The van der Waals surface area contributed by atoms with Crippen LogP contribution in [0.25, 0.3) is 0 Å². The molecule has 78 valence electrons. The van der Waals surface area contributed by atoms with E-state index in [9.17, 15) is 9.59 Å². The van der Waals surface area contributed by atoms with Crippen molar-refractivity contribution in [3.63, 3.8) is 0 Å². The molecule has 0 saturated heterocycles. The van der Waals surface area contributed by atoms with Gasteiger partial charge in [-0.2, -0.15) is 0 Å². The molecule has 0 aromatic carbocycles. The highest BCUT2D eigenvalue weighted by Crippen LogP contribution is 2.41. The van der Waals surface area contributed by atoms with Crippen molar-refractivity contribution in [1.29, 1.82) is 0 Å². The maximum atomic E-state index is 11.9. The molecule has 2 bridgehead atoms. The predicted molar refractivity (Wildman–Crippen MR) is 53.8 cm³/mol. The Morgan fingerprint density at radius 3 is 2.57 bits per heavy atom. The minimum atomic E-state index is -0.219. The van der Waals surface area contributed by atoms with Gasteiger partial charge in [0.1, 0.15) is 11.6 Å². The first-order valence-electron chi connectivity index (χ1n) is 5.67. The van der Waals surface area contributed by atoms with Crippen molar-refractivity contribution >= 4 is 11.6 Å². The van der Waals surface area contributed by atoms with Crippen LogP contribution in [0.5, 0.6) is 0 Å². The fourth-order valence-electron chi connectivity index (χ4n) is 3.05. The molecule has 0 spiro atoms. The average molecular weight is 194 g/mol. The Balaban J connectivity index is 2.24. The Morgan fingerprint density at radius 1 is 1.21 bits per heavy atom. The molecular weight excluding hydrogens is 176 g/mol. The average Bonchev–Trinajstić information content (AvgIpc) is 2.11. The van der Waals surface area contributed by atoms with Gasteiger partial charge in [-0.25, -0.2) is 0 Å². The van der Waals surface area contributed by atoms with Gasteiger partial charge in [0.15, 0.2) is 0 Å². The van der Waals surface area contributed by atoms with Crippen molar-refractivity contribution in [1.82, 2.24) is 0 Å². The van der Waals surface area contributed by atoms with Crippen molar-refractivity contribution in [3.05, 3.63) is 0 Å². The molecule has 2 aliphatic rings. The molecule has 0 aromatic rings. The van der Waals surface area contributed by atoms with E-state index in [-0.39, 0.29) is 23.4 Å². The molecule has 0 heterocycles. The highest BCUT2D eigenvalue weighted by atomic mass is 16.2. The molecule has 14 heavy (non-hydrogen) atoms. The van der Waals surface area contributed by atoms with Gasteiger partial charge in [0.25, 0.3) is 0 Å². The van der Waals surface area contributed by atoms with E-state index < -0.39 is 0 Å². The smallest absolute Gasteiger partial charge is 0.146 e.